The molecule has 0 aromatic rings. The van der Waals surface area contributed by atoms with Gasteiger partial charge in [0.2, 0.25) is 59.1 Å². The van der Waals surface area contributed by atoms with Crippen molar-refractivity contribution in [2.75, 3.05) is 66.1 Å². The number of aliphatic hydroxyl groups excluding tert-OH is 22. The van der Waals surface area contributed by atoms with Gasteiger partial charge in [-0.2, -0.15) is 0 Å². The summed E-state index contributed by atoms with van der Waals surface area (Å²) in [6.07, 6.45) is -78.2. The van der Waals surface area contributed by atoms with Crippen molar-refractivity contribution in [3.05, 3.63) is 0 Å². The second-order valence-electron chi connectivity index (χ2n) is 35.3. The second-order valence-corrected chi connectivity index (χ2v) is 35.3. The second kappa shape index (κ2) is 51.6. The maximum atomic E-state index is 13.2. The first-order valence-corrected chi connectivity index (χ1v) is 45.1. The summed E-state index contributed by atoms with van der Waals surface area (Å²) >= 11 is 0. The van der Waals surface area contributed by atoms with Gasteiger partial charge >= 0.3 is 0 Å². The maximum absolute atomic E-state index is 13.2. The SMILES string of the molecule is CC(=O)N[C@@H]1[C@@H](O)[C@H](O[C@@H]2O[C@H](CO)[C@@H](O[C@@H]3O[C@H](CO)[C@@H](O[C@@H]4O[C@H](CO)[C@@H](O[C@@H]5O[C@H](CO)[C@@H](O[C@@H]6O[C@H](CO)[C@@H](O[C@@H]7O[C@H](CO)[C@@H](O[C@@H]8O[C@H](CO)[C@@H](O[C@@H]9O[C@H](CO)[C@@H](O[C@@H]%10O[C@H](CO)[C@@H](O)[C@H](O)[C@H]%10NC(C)=O)[C@H](O)[C@H]9NC(C)=O)[C@H](O)[C@H]8NC(C)=O)[C@H](O)[C@H]7NC(C)=O)[C@H](O)[C@H]6NC(C)=O)[C@H](O)[C@H]5NC(C)=O)[C@H](O)[C@H]4NC(C)=O)[C@H](O)[C@H]3NC(C)=O)[C@H](O)[C@H]2NC(C)=O)[C@@H](CO)O[C@@H]1O. The van der Waals surface area contributed by atoms with E-state index in [-0.39, 0.29) is 0 Å². The lowest BCUT2D eigenvalue weighted by Gasteiger charge is -2.52. The largest absolute Gasteiger partial charge is 0.394 e. The summed E-state index contributed by atoms with van der Waals surface area (Å²) in [5, 5.41) is 274. The molecule has 10 rings (SSSR count). The number of amides is 10. The number of hydrogen-bond donors (Lipinski definition) is 32. The zero-order valence-electron chi connectivity index (χ0n) is 77.6. The molecule has 10 aliphatic heterocycles. The molecule has 61 nitrogen and oxygen atoms in total. The Morgan fingerprint density at radius 3 is 0.418 bits per heavy atom. The lowest BCUT2D eigenvalue weighted by atomic mass is 9.92. The first-order chi connectivity index (χ1) is 66.6. The van der Waals surface area contributed by atoms with Crippen LogP contribution in [0.4, 0.5) is 0 Å². The van der Waals surface area contributed by atoms with Gasteiger partial charge in [0.05, 0.1) is 66.1 Å². The van der Waals surface area contributed by atoms with Gasteiger partial charge in [0, 0.05) is 69.2 Å². The molecule has 10 aliphatic rings. The van der Waals surface area contributed by atoms with Crippen molar-refractivity contribution in [2.45, 2.75) is 376 Å². The minimum atomic E-state index is -2.23. The number of carbonyl (C=O) groups is 10. The molecule has 808 valence electrons. The molecular formula is C80H132N10O51. The monoisotopic (exact) mass is 2050 g/mol. The van der Waals surface area contributed by atoms with E-state index in [1.807, 2.05) is 0 Å². The Hall–Kier alpha value is -6.94. The van der Waals surface area contributed by atoms with Crippen LogP contribution in [0.3, 0.4) is 0 Å². The fourth-order valence-corrected chi connectivity index (χ4v) is 18.5. The summed E-state index contributed by atoms with van der Waals surface area (Å²) in [7, 11) is 0. The van der Waals surface area contributed by atoms with Gasteiger partial charge in [-0.25, -0.2) is 0 Å². The van der Waals surface area contributed by atoms with E-state index in [1.165, 1.54) is 0 Å². The number of carbonyl (C=O) groups excluding carboxylic acids is 10. The third kappa shape index (κ3) is 27.4. The number of nitrogens with one attached hydrogen (secondary N) is 10. The van der Waals surface area contributed by atoms with E-state index in [9.17, 15) is 160 Å². The number of ether oxygens (including phenoxy) is 19. The Kier molecular flexibility index (Phi) is 42.4. The highest BCUT2D eigenvalue weighted by atomic mass is 16.8. The minimum absolute atomic E-state index is 0.742. The summed E-state index contributed by atoms with van der Waals surface area (Å²) in [5.41, 5.74) is 0. The third-order valence-electron chi connectivity index (χ3n) is 24.9. The van der Waals surface area contributed by atoms with Gasteiger partial charge in [-0.15, -0.1) is 0 Å². The highest BCUT2D eigenvalue weighted by Gasteiger charge is 2.63. The average Bonchev–Trinajstić information content (AvgIpc) is 0.762. The molecule has 0 unspecified atom stereocenters. The Labute approximate surface area is 801 Å². The fraction of sp³-hybridized carbons (Fsp3) is 0.875. The smallest absolute Gasteiger partial charge is 0.217 e. The normalized spacial score (nSPS) is 44.3. The predicted molar refractivity (Wildman–Crippen MR) is 446 cm³/mol. The molecule has 0 bridgehead atoms. The molecule has 32 N–H and O–H groups in total. The van der Waals surface area contributed by atoms with Crippen molar-refractivity contribution in [2.24, 2.45) is 0 Å². The van der Waals surface area contributed by atoms with Crippen LogP contribution in [0.1, 0.15) is 69.2 Å². The Morgan fingerprint density at radius 1 is 0.170 bits per heavy atom. The molecule has 0 aliphatic carbocycles. The Bertz CT molecular complexity index is 4000. The maximum Gasteiger partial charge on any atom is 0.217 e. The van der Waals surface area contributed by atoms with E-state index in [1.54, 1.807) is 0 Å². The molecular weight excluding hydrogens is 1920 g/mol. The van der Waals surface area contributed by atoms with Gasteiger partial charge in [-0.3, -0.25) is 47.9 Å². The van der Waals surface area contributed by atoms with Gasteiger partial charge < -0.3 is 256 Å². The van der Waals surface area contributed by atoms with Crippen molar-refractivity contribution in [3.8, 4) is 0 Å². The van der Waals surface area contributed by atoms with Crippen molar-refractivity contribution < 1.29 is 250 Å². The molecule has 0 radical (unpaired) electrons. The molecule has 0 spiro atoms. The standard InChI is InChI=1S/C80H132N10O51/c1-21(101)81-41-53(113)62(32(12-92)123-71(41)122)133-73-43(83-23(3)103)55(115)64(34(14-94)125-73)135-75-45(85-25(5)105)57(117)66(36(16-96)127-75)137-77-47(87-27(7)107)59(119)68(38(18-98)129-77)139-79-49(89-29(9)109)61(121)70(40(20-100)131-79)141-80-50(90-30(10)110)60(120)69(39(19-99)132-80)140-78-48(88-28(8)108)58(118)67(37(17-97)130-78)138-76-46(86-26(6)106)56(116)65(35(15-95)128-76)136-74-44(84-24(4)104)54(114)63(33(13-93)126-74)134-72-42(82-22(2)102)52(112)51(111)31(11-91)124-72/h31-80,91-100,111-122H,11-20H2,1-10H3,(H,81,101)(H,82,102)(H,83,103)(H,84,104)(H,85,105)(H,86,106)(H,87,107)(H,88,108)(H,89,109)(H,90,110)/t31-,32-,33-,34-,35-,36-,37-,38-,39-,40-,41-,42-,43-,44-,45-,46-,47-,48-,49-,50-,51-,52-,53-,54-,55-,56-,57-,58-,59-,60-,61-,62-,63-,64-,65-,66-,67-,68-,69-,70-,71+,72+,73+,74+,75+,76+,77+,78+,79+,80+/m1/s1. The molecule has 0 aromatic heterocycles. The molecule has 141 heavy (non-hydrogen) atoms. The summed E-state index contributed by atoms with van der Waals surface area (Å²) in [6.45, 7) is -1.08. The van der Waals surface area contributed by atoms with Crippen LogP contribution in [0.15, 0.2) is 0 Å². The van der Waals surface area contributed by atoms with Gasteiger partial charge in [-0.05, 0) is 0 Å². The van der Waals surface area contributed by atoms with Gasteiger partial charge in [0.25, 0.3) is 0 Å². The van der Waals surface area contributed by atoms with E-state index < -0.39 is 432 Å². The molecule has 10 saturated heterocycles. The van der Waals surface area contributed by atoms with E-state index in [2.05, 4.69) is 53.2 Å². The van der Waals surface area contributed by atoms with Crippen LogP contribution < -0.4 is 53.2 Å². The topological polar surface area (TPSA) is 911 Å². The summed E-state index contributed by atoms with van der Waals surface area (Å²) in [6, 6.07) is -18.2. The van der Waals surface area contributed by atoms with Crippen LogP contribution >= 0.6 is 0 Å². The van der Waals surface area contributed by atoms with Crippen LogP contribution in [-0.2, 0) is 138 Å². The van der Waals surface area contributed by atoms with E-state index in [4.69, 9.17) is 90.0 Å². The first-order valence-electron chi connectivity index (χ1n) is 45.1. The highest BCUT2D eigenvalue weighted by molar-refractivity contribution is 5.77. The molecule has 10 amide bonds. The quantitative estimate of drug-likeness (QED) is 0.0273. The van der Waals surface area contributed by atoms with Crippen LogP contribution in [0, 0.1) is 0 Å². The Morgan fingerprint density at radius 2 is 0.284 bits per heavy atom. The molecule has 61 heteroatoms. The lowest BCUT2D eigenvalue weighted by molar-refractivity contribution is -0.375. The van der Waals surface area contributed by atoms with Crippen LogP contribution in [0.25, 0.3) is 0 Å². The van der Waals surface area contributed by atoms with E-state index in [0.29, 0.717) is 0 Å². The zero-order valence-corrected chi connectivity index (χ0v) is 77.6. The van der Waals surface area contributed by atoms with Crippen molar-refractivity contribution in [1.29, 1.82) is 0 Å². The molecule has 0 aromatic carbocycles. The number of rotatable bonds is 38. The van der Waals surface area contributed by atoms with Crippen molar-refractivity contribution >= 4 is 59.1 Å². The average molecular weight is 2050 g/mol. The first kappa shape index (κ1) is 116. The zero-order chi connectivity index (χ0) is 104. The summed E-state index contributed by atoms with van der Waals surface area (Å²) in [4.78, 5) is 129. The summed E-state index contributed by atoms with van der Waals surface area (Å²) < 4.78 is 115. The molecule has 0 saturated carbocycles. The third-order valence-corrected chi connectivity index (χ3v) is 24.9. The van der Waals surface area contributed by atoms with E-state index >= 15 is 0 Å². The highest BCUT2D eigenvalue weighted by Crippen LogP contribution is 2.42. The van der Waals surface area contributed by atoms with Crippen LogP contribution in [0.2, 0.25) is 0 Å². The van der Waals surface area contributed by atoms with Gasteiger partial charge in [0.15, 0.2) is 62.9 Å². The van der Waals surface area contributed by atoms with Gasteiger partial charge in [0.1, 0.15) is 244 Å². The molecule has 10 fully saturated rings. The van der Waals surface area contributed by atoms with Crippen LogP contribution in [-0.4, -0.2) is 544 Å². The lowest BCUT2D eigenvalue weighted by Crippen LogP contribution is -2.73. The van der Waals surface area contributed by atoms with E-state index in [0.717, 1.165) is 69.2 Å². The van der Waals surface area contributed by atoms with Crippen molar-refractivity contribution in [1.82, 2.24) is 53.2 Å². The number of aliphatic hydroxyl groups is 22. The number of hydrogen-bond acceptors (Lipinski definition) is 51. The van der Waals surface area contributed by atoms with Gasteiger partial charge in [-0.1, -0.05) is 0 Å². The van der Waals surface area contributed by atoms with Crippen LogP contribution in [0.5, 0.6) is 0 Å². The minimum Gasteiger partial charge on any atom is -0.394 e. The predicted octanol–water partition coefficient (Wildman–Crippen LogP) is -21.4. The summed E-state index contributed by atoms with van der Waals surface area (Å²) in [5.74, 6) is -8.85. The Balaban J connectivity index is 0.830. The molecule has 10 heterocycles. The fourth-order valence-electron chi connectivity index (χ4n) is 18.5. The molecule has 50 atom stereocenters. The van der Waals surface area contributed by atoms with Crippen molar-refractivity contribution in [3.63, 3.8) is 0 Å².